The van der Waals surface area contributed by atoms with Crippen LogP contribution in [0.1, 0.15) is 50.4 Å². The number of nitrogens with one attached hydrogen (secondary N) is 1. The van der Waals surface area contributed by atoms with Crippen LogP contribution in [0.25, 0.3) is 0 Å². The normalized spacial score (nSPS) is 12.8. The third-order valence-electron chi connectivity index (χ3n) is 5.24. The molecule has 0 radical (unpaired) electrons. The molecule has 4 heteroatoms. The van der Waals surface area contributed by atoms with Crippen molar-refractivity contribution in [2.45, 2.75) is 46.2 Å². The topological polar surface area (TPSA) is 46.9 Å². The van der Waals surface area contributed by atoms with E-state index in [4.69, 9.17) is 0 Å². The van der Waals surface area contributed by atoms with Crippen LogP contribution in [-0.4, -0.2) is 15.7 Å². The lowest BCUT2D eigenvalue weighted by atomic mass is 10.1. The second kappa shape index (κ2) is 7.39. The average molecular weight is 359 g/mol. The van der Waals surface area contributed by atoms with Gasteiger partial charge in [0.05, 0.1) is 12.2 Å². The maximum Gasteiger partial charge on any atom is 0.251 e. The predicted molar refractivity (Wildman–Crippen MR) is 107 cm³/mol. The highest BCUT2D eigenvalue weighted by atomic mass is 16.1. The molecule has 0 saturated heterocycles. The zero-order valence-electron chi connectivity index (χ0n) is 16.0. The van der Waals surface area contributed by atoms with Crippen molar-refractivity contribution in [3.8, 4) is 0 Å². The molecule has 0 fully saturated rings. The molecule has 0 saturated carbocycles. The summed E-state index contributed by atoms with van der Waals surface area (Å²) in [6, 6.07) is 16.4. The summed E-state index contributed by atoms with van der Waals surface area (Å²) in [6.07, 6.45) is 3.59. The molecular formula is C23H25N3O. The van der Waals surface area contributed by atoms with Crippen molar-refractivity contribution in [3.63, 3.8) is 0 Å². The van der Waals surface area contributed by atoms with Crippen molar-refractivity contribution in [1.82, 2.24) is 15.1 Å². The molecule has 1 heterocycles. The minimum absolute atomic E-state index is 0.0364. The zero-order valence-corrected chi connectivity index (χ0v) is 16.0. The van der Waals surface area contributed by atoms with Gasteiger partial charge in [0.1, 0.15) is 0 Å². The fourth-order valence-corrected chi connectivity index (χ4v) is 3.84. The van der Waals surface area contributed by atoms with E-state index in [9.17, 15) is 4.79 Å². The molecule has 3 aromatic rings. The van der Waals surface area contributed by atoms with Gasteiger partial charge in [0.15, 0.2) is 0 Å². The van der Waals surface area contributed by atoms with Gasteiger partial charge < -0.3 is 5.32 Å². The van der Waals surface area contributed by atoms with Gasteiger partial charge in [-0.25, -0.2) is 0 Å². The molecule has 2 aromatic carbocycles. The summed E-state index contributed by atoms with van der Waals surface area (Å²) in [7, 11) is 0. The predicted octanol–water partition coefficient (Wildman–Crippen LogP) is 3.97. The molecule has 0 bridgehead atoms. The summed E-state index contributed by atoms with van der Waals surface area (Å²) in [4.78, 5) is 12.6. The third-order valence-corrected chi connectivity index (χ3v) is 5.24. The maximum absolute atomic E-state index is 12.6. The van der Waals surface area contributed by atoms with E-state index in [1.165, 1.54) is 29.5 Å². The molecule has 138 valence electrons. The molecule has 1 aliphatic carbocycles. The monoisotopic (exact) mass is 359 g/mol. The highest BCUT2D eigenvalue weighted by molar-refractivity contribution is 5.94. The summed E-state index contributed by atoms with van der Waals surface area (Å²) >= 11 is 0. The number of benzene rings is 2. The van der Waals surface area contributed by atoms with E-state index in [1.54, 1.807) is 0 Å². The number of fused-ring (bicyclic) bond motifs is 1. The molecule has 0 atom stereocenters. The summed E-state index contributed by atoms with van der Waals surface area (Å²) in [5.74, 6) is -0.0364. The van der Waals surface area contributed by atoms with Crippen LogP contribution in [0.2, 0.25) is 0 Å². The van der Waals surface area contributed by atoms with Crippen LogP contribution >= 0.6 is 0 Å². The average Bonchev–Trinajstić information content (AvgIpc) is 3.25. The van der Waals surface area contributed by atoms with Crippen molar-refractivity contribution in [2.24, 2.45) is 0 Å². The Balaban J connectivity index is 1.42. The Labute approximate surface area is 160 Å². The lowest BCUT2D eigenvalue weighted by Gasteiger charge is -2.09. The van der Waals surface area contributed by atoms with Gasteiger partial charge in [-0.3, -0.25) is 9.48 Å². The molecule has 1 N–H and O–H groups in total. The third kappa shape index (κ3) is 3.95. The van der Waals surface area contributed by atoms with Crippen LogP contribution in [0.4, 0.5) is 0 Å². The van der Waals surface area contributed by atoms with Gasteiger partial charge in [0.2, 0.25) is 0 Å². The Morgan fingerprint density at radius 1 is 1.04 bits per heavy atom. The van der Waals surface area contributed by atoms with Gasteiger partial charge >= 0.3 is 0 Å². The first-order chi connectivity index (χ1) is 13.1. The molecule has 0 unspecified atom stereocenters. The summed E-state index contributed by atoms with van der Waals surface area (Å²) in [5, 5.41) is 7.55. The number of amides is 1. The quantitative estimate of drug-likeness (QED) is 0.749. The number of carbonyl (C=O) groups excluding carboxylic acids is 1. The molecule has 1 amide bonds. The Hall–Kier alpha value is -2.88. The molecular weight excluding hydrogens is 334 g/mol. The maximum atomic E-state index is 12.6. The standard InChI is InChI=1S/C23H25N3O/c1-16-11-17(2)26(25-16)15-19-5-3-8-22(13-19)23(27)24-14-18-9-10-20-6-4-7-21(20)12-18/h3,5,8-13H,4,6-7,14-15H2,1-2H3,(H,24,27). The van der Waals surface area contributed by atoms with Crippen molar-refractivity contribution < 1.29 is 4.79 Å². The Morgan fingerprint density at radius 3 is 2.70 bits per heavy atom. The van der Waals surface area contributed by atoms with Crippen LogP contribution in [0.3, 0.4) is 0 Å². The number of carbonyl (C=O) groups is 1. The molecule has 1 aromatic heterocycles. The first-order valence-electron chi connectivity index (χ1n) is 9.57. The first kappa shape index (κ1) is 17.5. The van der Waals surface area contributed by atoms with Gasteiger partial charge in [-0.1, -0.05) is 30.3 Å². The number of nitrogens with zero attached hydrogens (tertiary/aromatic N) is 2. The smallest absolute Gasteiger partial charge is 0.251 e. The largest absolute Gasteiger partial charge is 0.348 e. The highest BCUT2D eigenvalue weighted by Crippen LogP contribution is 2.22. The van der Waals surface area contributed by atoms with Gasteiger partial charge in [-0.2, -0.15) is 5.10 Å². The van der Waals surface area contributed by atoms with E-state index in [2.05, 4.69) is 34.7 Å². The minimum Gasteiger partial charge on any atom is -0.348 e. The molecule has 1 aliphatic rings. The van der Waals surface area contributed by atoms with Crippen LogP contribution < -0.4 is 5.32 Å². The van der Waals surface area contributed by atoms with E-state index >= 15 is 0 Å². The van der Waals surface area contributed by atoms with E-state index in [0.29, 0.717) is 18.7 Å². The van der Waals surface area contributed by atoms with E-state index in [1.807, 2.05) is 42.8 Å². The van der Waals surface area contributed by atoms with Crippen LogP contribution in [-0.2, 0) is 25.9 Å². The number of rotatable bonds is 5. The molecule has 4 nitrogen and oxygen atoms in total. The van der Waals surface area contributed by atoms with Crippen molar-refractivity contribution in [2.75, 3.05) is 0 Å². The fraction of sp³-hybridized carbons (Fsp3) is 0.304. The second-order valence-corrected chi connectivity index (χ2v) is 7.42. The highest BCUT2D eigenvalue weighted by Gasteiger charge is 2.12. The Morgan fingerprint density at radius 2 is 1.89 bits per heavy atom. The SMILES string of the molecule is Cc1cc(C)n(Cc2cccc(C(=O)NCc3ccc4c(c3)CCC4)c2)n1. The van der Waals surface area contributed by atoms with Gasteiger partial charge in [-0.15, -0.1) is 0 Å². The minimum atomic E-state index is -0.0364. The van der Waals surface area contributed by atoms with Gasteiger partial charge in [0, 0.05) is 17.8 Å². The summed E-state index contributed by atoms with van der Waals surface area (Å²) < 4.78 is 1.97. The summed E-state index contributed by atoms with van der Waals surface area (Å²) in [5.41, 5.74) is 7.97. The van der Waals surface area contributed by atoms with E-state index in [0.717, 1.165) is 23.4 Å². The number of aryl methyl sites for hydroxylation is 4. The molecule has 4 rings (SSSR count). The first-order valence-corrected chi connectivity index (χ1v) is 9.57. The van der Waals surface area contributed by atoms with Gasteiger partial charge in [0.25, 0.3) is 5.91 Å². The van der Waals surface area contributed by atoms with Crippen LogP contribution in [0.15, 0.2) is 48.5 Å². The number of hydrogen-bond acceptors (Lipinski definition) is 2. The molecule has 0 spiro atoms. The Kier molecular flexibility index (Phi) is 4.80. The summed E-state index contributed by atoms with van der Waals surface area (Å²) in [6.45, 7) is 5.28. The lowest BCUT2D eigenvalue weighted by molar-refractivity contribution is 0.0951. The van der Waals surface area contributed by atoms with Crippen molar-refractivity contribution in [3.05, 3.63) is 87.7 Å². The van der Waals surface area contributed by atoms with Crippen molar-refractivity contribution >= 4 is 5.91 Å². The van der Waals surface area contributed by atoms with Crippen LogP contribution in [0.5, 0.6) is 0 Å². The lowest BCUT2D eigenvalue weighted by Crippen LogP contribution is -2.23. The fourth-order valence-electron chi connectivity index (χ4n) is 3.84. The zero-order chi connectivity index (χ0) is 18.8. The number of aromatic nitrogens is 2. The molecule has 0 aliphatic heterocycles. The Bertz CT molecular complexity index is 987. The van der Waals surface area contributed by atoms with Gasteiger partial charge in [-0.05, 0) is 73.6 Å². The van der Waals surface area contributed by atoms with Crippen LogP contribution in [0, 0.1) is 13.8 Å². The molecule has 27 heavy (non-hydrogen) atoms. The second-order valence-electron chi connectivity index (χ2n) is 7.42. The van der Waals surface area contributed by atoms with E-state index < -0.39 is 0 Å². The van der Waals surface area contributed by atoms with E-state index in [-0.39, 0.29) is 5.91 Å². The van der Waals surface area contributed by atoms with Crippen molar-refractivity contribution in [1.29, 1.82) is 0 Å². The number of hydrogen-bond donors (Lipinski definition) is 1.